The number of imidazole rings is 1. The Kier molecular flexibility index (Phi) is 8.67. The Balaban J connectivity index is 1.61. The Morgan fingerprint density at radius 3 is 2.56 bits per heavy atom. The normalized spacial score (nSPS) is 26.6. The molecule has 0 bridgehead atoms. The van der Waals surface area contributed by atoms with Gasteiger partial charge in [0, 0.05) is 7.05 Å². The molecule has 1 aliphatic heterocycles. The first-order valence-electron chi connectivity index (χ1n) is 12.8. The van der Waals surface area contributed by atoms with Crippen molar-refractivity contribution in [2.75, 3.05) is 19.0 Å². The number of aliphatic hydroxyl groups is 1. The van der Waals surface area contributed by atoms with Gasteiger partial charge in [-0.3, -0.25) is 13.9 Å². The van der Waals surface area contributed by atoms with E-state index in [4.69, 9.17) is 18.5 Å². The van der Waals surface area contributed by atoms with E-state index >= 15 is 8.78 Å². The van der Waals surface area contributed by atoms with Crippen LogP contribution >= 0.6 is 7.75 Å². The molecule has 13 nitrogen and oxygen atoms in total. The maximum Gasteiger partial charge on any atom is 0.459 e. The number of aliphatic hydroxyl groups excluding tert-OH is 1. The second-order valence-electron chi connectivity index (χ2n) is 10.0. The van der Waals surface area contributed by atoms with Gasteiger partial charge in [-0.05, 0) is 46.8 Å². The molecular weight excluding hydrogens is 565 g/mol. The first-order valence-corrected chi connectivity index (χ1v) is 14.3. The van der Waals surface area contributed by atoms with Crippen molar-refractivity contribution >= 4 is 30.7 Å². The van der Waals surface area contributed by atoms with Crippen LogP contribution in [0.15, 0.2) is 36.7 Å². The van der Waals surface area contributed by atoms with Gasteiger partial charge in [0.15, 0.2) is 35.0 Å². The van der Waals surface area contributed by atoms with Gasteiger partial charge in [0.25, 0.3) is 5.85 Å². The number of carbonyl (C=O) groups excluding carboxylic acids is 1. The van der Waals surface area contributed by atoms with Gasteiger partial charge in [0.2, 0.25) is 0 Å². The molecule has 4 rings (SSSR count). The fraction of sp³-hybridized carbons (Fsp3) is 0.520. The van der Waals surface area contributed by atoms with E-state index in [1.54, 1.807) is 46.0 Å². The predicted molar refractivity (Wildman–Crippen MR) is 144 cm³/mol. The van der Waals surface area contributed by atoms with Crippen LogP contribution in [-0.2, 0) is 23.4 Å². The van der Waals surface area contributed by atoms with Crippen molar-refractivity contribution in [2.24, 2.45) is 0 Å². The lowest BCUT2D eigenvalue weighted by atomic mass is 9.97. The number of fused-ring (bicyclic) bond motifs is 1. The zero-order valence-electron chi connectivity index (χ0n) is 23.4. The summed E-state index contributed by atoms with van der Waals surface area (Å²) in [6.07, 6.45) is -3.43. The molecule has 3 heterocycles. The van der Waals surface area contributed by atoms with Crippen molar-refractivity contribution in [1.82, 2.24) is 24.6 Å². The standard InChI is InChI=1S/C25H33F2N6O7P/c1-14(2)38-21(34)15(3)32-41(36,40-17-10-8-7-9-11-17)37-12-25(27)22(35)24(5,26)23(39-25)33-13-29-18-19(28-6)30-16(4)31-20(18)33/h7-11,13-15,22-23,35H,12H2,1-6H3,(H,32,36)(H,28,30,31)/t15-,22-,23+,24+,25+,41?/m0/s1. The molecule has 16 heteroatoms. The molecule has 0 spiro atoms. The highest BCUT2D eigenvalue weighted by Crippen LogP contribution is 2.52. The minimum atomic E-state index is -4.55. The minimum Gasteiger partial charge on any atom is -0.462 e. The van der Waals surface area contributed by atoms with E-state index in [-0.39, 0.29) is 16.9 Å². The van der Waals surface area contributed by atoms with E-state index < -0.39 is 56.3 Å². The molecule has 1 saturated heterocycles. The molecule has 41 heavy (non-hydrogen) atoms. The lowest BCUT2D eigenvalue weighted by Gasteiger charge is -2.28. The second-order valence-corrected chi connectivity index (χ2v) is 11.7. The maximum atomic E-state index is 16.2. The van der Waals surface area contributed by atoms with Crippen LogP contribution in [-0.4, -0.2) is 74.0 Å². The molecular formula is C25H33F2N6O7P. The van der Waals surface area contributed by atoms with Gasteiger partial charge < -0.3 is 24.4 Å². The average molecular weight is 599 g/mol. The quantitative estimate of drug-likeness (QED) is 0.218. The Hall–Kier alpha value is -3.23. The number of nitrogens with one attached hydrogen (secondary N) is 2. The lowest BCUT2D eigenvalue weighted by Crippen LogP contribution is -2.47. The molecule has 1 aliphatic rings. The van der Waals surface area contributed by atoms with Crippen LogP contribution in [0.2, 0.25) is 0 Å². The van der Waals surface area contributed by atoms with E-state index in [9.17, 15) is 14.5 Å². The number of carbonyl (C=O) groups is 1. The predicted octanol–water partition coefficient (Wildman–Crippen LogP) is 3.59. The van der Waals surface area contributed by atoms with E-state index in [1.807, 2.05) is 0 Å². The third-order valence-corrected chi connectivity index (χ3v) is 7.84. The zero-order valence-corrected chi connectivity index (χ0v) is 24.3. The SMILES string of the molecule is CNc1nc(C)nc2c1ncn2[C@@H]1O[C@](F)(COP(=O)(N[C@@H](C)C(=O)OC(C)C)Oc2ccccc2)[C@@H](O)[C@@]1(C)F. The van der Waals surface area contributed by atoms with Crippen LogP contribution in [0, 0.1) is 6.92 Å². The molecule has 1 fully saturated rings. The fourth-order valence-corrected chi connectivity index (χ4v) is 5.75. The van der Waals surface area contributed by atoms with Gasteiger partial charge in [-0.2, -0.15) is 5.09 Å². The summed E-state index contributed by atoms with van der Waals surface area (Å²) in [5.74, 6) is -3.23. The summed E-state index contributed by atoms with van der Waals surface area (Å²) in [7, 11) is -2.93. The number of hydrogen-bond acceptors (Lipinski definition) is 11. The third-order valence-electron chi connectivity index (χ3n) is 6.21. The van der Waals surface area contributed by atoms with Crippen LogP contribution < -0.4 is 14.9 Å². The minimum absolute atomic E-state index is 0.0713. The summed E-state index contributed by atoms with van der Waals surface area (Å²) in [6, 6.07) is 6.58. The Morgan fingerprint density at radius 2 is 1.93 bits per heavy atom. The van der Waals surface area contributed by atoms with Crippen molar-refractivity contribution < 1.29 is 41.8 Å². The van der Waals surface area contributed by atoms with Crippen LogP contribution in [0.3, 0.4) is 0 Å². The Bertz CT molecular complexity index is 1440. The number of ether oxygens (including phenoxy) is 2. The van der Waals surface area contributed by atoms with E-state index in [2.05, 4.69) is 25.4 Å². The highest BCUT2D eigenvalue weighted by atomic mass is 31.2. The molecule has 2 aromatic heterocycles. The number of aromatic nitrogens is 4. The maximum absolute atomic E-state index is 16.2. The number of rotatable bonds is 11. The molecule has 1 aromatic carbocycles. The number of esters is 1. The van der Waals surface area contributed by atoms with Crippen molar-refractivity contribution in [3.8, 4) is 5.75 Å². The summed E-state index contributed by atoms with van der Waals surface area (Å²) in [5.41, 5.74) is -2.33. The summed E-state index contributed by atoms with van der Waals surface area (Å²) in [4.78, 5) is 25.1. The smallest absolute Gasteiger partial charge is 0.459 e. The average Bonchev–Trinajstić information content (AvgIpc) is 3.39. The number of para-hydroxylation sites is 1. The van der Waals surface area contributed by atoms with Crippen molar-refractivity contribution in [3.05, 3.63) is 42.5 Å². The summed E-state index contributed by atoms with van der Waals surface area (Å²) < 4.78 is 68.4. The number of alkyl halides is 2. The van der Waals surface area contributed by atoms with Gasteiger partial charge in [-0.15, -0.1) is 0 Å². The molecule has 0 aliphatic carbocycles. The first kappa shape index (κ1) is 30.7. The number of nitrogens with zero attached hydrogens (tertiary/aromatic N) is 4. The van der Waals surface area contributed by atoms with Crippen LogP contribution in [0.1, 0.15) is 39.7 Å². The molecule has 0 radical (unpaired) electrons. The van der Waals surface area contributed by atoms with E-state index in [1.165, 1.54) is 25.4 Å². The Labute approximate surface area is 235 Å². The van der Waals surface area contributed by atoms with Gasteiger partial charge in [0.1, 0.15) is 24.2 Å². The molecule has 224 valence electrons. The first-order chi connectivity index (χ1) is 19.2. The van der Waals surface area contributed by atoms with Gasteiger partial charge in [-0.1, -0.05) is 18.2 Å². The van der Waals surface area contributed by atoms with Crippen molar-refractivity contribution in [3.63, 3.8) is 0 Å². The third kappa shape index (κ3) is 6.33. The molecule has 6 atom stereocenters. The lowest BCUT2D eigenvalue weighted by molar-refractivity contribution is -0.202. The summed E-state index contributed by atoms with van der Waals surface area (Å²) in [5, 5.41) is 16.0. The second kappa shape index (κ2) is 11.6. The number of benzene rings is 1. The van der Waals surface area contributed by atoms with Crippen LogP contribution in [0.4, 0.5) is 14.6 Å². The molecule has 0 amide bonds. The molecule has 0 saturated carbocycles. The highest BCUT2D eigenvalue weighted by molar-refractivity contribution is 7.52. The highest BCUT2D eigenvalue weighted by Gasteiger charge is 2.65. The topological polar surface area (TPSA) is 159 Å². The zero-order chi connectivity index (χ0) is 30.2. The molecule has 3 aromatic rings. The number of anilines is 1. The molecule has 3 N–H and O–H groups in total. The monoisotopic (exact) mass is 598 g/mol. The van der Waals surface area contributed by atoms with Crippen LogP contribution in [0.5, 0.6) is 5.75 Å². The van der Waals surface area contributed by atoms with Crippen LogP contribution in [0.25, 0.3) is 11.2 Å². The van der Waals surface area contributed by atoms with Gasteiger partial charge in [-0.25, -0.2) is 28.3 Å². The molecule has 1 unspecified atom stereocenters. The summed E-state index contributed by atoms with van der Waals surface area (Å²) in [6.45, 7) is 5.93. The van der Waals surface area contributed by atoms with Gasteiger partial charge in [0.05, 0.1) is 12.4 Å². The van der Waals surface area contributed by atoms with Crippen molar-refractivity contribution in [1.29, 1.82) is 0 Å². The van der Waals surface area contributed by atoms with Crippen molar-refractivity contribution in [2.45, 2.75) is 70.6 Å². The number of halogens is 2. The number of aryl methyl sites for hydroxylation is 1. The summed E-state index contributed by atoms with van der Waals surface area (Å²) >= 11 is 0. The number of hydrogen-bond donors (Lipinski definition) is 3. The van der Waals surface area contributed by atoms with E-state index in [0.717, 1.165) is 11.5 Å². The largest absolute Gasteiger partial charge is 0.462 e. The van der Waals surface area contributed by atoms with Gasteiger partial charge >= 0.3 is 13.7 Å². The Morgan fingerprint density at radius 1 is 1.24 bits per heavy atom. The van der Waals surface area contributed by atoms with E-state index in [0.29, 0.717) is 11.6 Å². The fourth-order valence-electron chi connectivity index (χ4n) is 4.24.